The first-order valence-electron chi connectivity index (χ1n) is 5.17. The Morgan fingerprint density at radius 3 is 2.40 bits per heavy atom. The summed E-state index contributed by atoms with van der Waals surface area (Å²) in [6.07, 6.45) is 2.02. The van der Waals surface area contributed by atoms with Crippen LogP contribution in [0, 0.1) is 11.8 Å². The second-order valence-electron chi connectivity index (χ2n) is 3.97. The molecular weight excluding hydrogens is 188 g/mol. The molecule has 0 radical (unpaired) electrons. The zero-order valence-electron chi connectivity index (χ0n) is 8.94. The van der Waals surface area contributed by atoms with Crippen LogP contribution in [0.3, 0.4) is 0 Å². The van der Waals surface area contributed by atoms with Crippen molar-refractivity contribution in [3.05, 3.63) is 42.0 Å². The van der Waals surface area contributed by atoms with Gasteiger partial charge in [0.25, 0.3) is 0 Å². The lowest BCUT2D eigenvalue weighted by Crippen LogP contribution is -2.24. The third-order valence-electron chi connectivity index (χ3n) is 2.84. The van der Waals surface area contributed by atoms with Crippen LogP contribution in [0.5, 0.6) is 0 Å². The Morgan fingerprint density at radius 1 is 1.13 bits per heavy atom. The minimum Gasteiger partial charge on any atom is -0.426 e. The van der Waals surface area contributed by atoms with Gasteiger partial charge in [-0.3, -0.25) is 4.79 Å². The summed E-state index contributed by atoms with van der Waals surface area (Å²) in [7, 11) is 0. The number of esters is 1. The van der Waals surface area contributed by atoms with Gasteiger partial charge in [-0.25, -0.2) is 0 Å². The second kappa shape index (κ2) is 3.89. The number of cyclic esters (lactones) is 1. The van der Waals surface area contributed by atoms with Crippen LogP contribution < -0.4 is 0 Å². The van der Waals surface area contributed by atoms with Crippen molar-refractivity contribution in [3.8, 4) is 0 Å². The molecule has 1 aromatic carbocycles. The Bertz CT molecular complexity index is 392. The van der Waals surface area contributed by atoms with Gasteiger partial charge in [0.15, 0.2) is 0 Å². The van der Waals surface area contributed by atoms with Crippen molar-refractivity contribution in [2.75, 3.05) is 0 Å². The van der Waals surface area contributed by atoms with Crippen molar-refractivity contribution < 1.29 is 9.53 Å². The third-order valence-corrected chi connectivity index (χ3v) is 2.84. The maximum absolute atomic E-state index is 11.5. The number of rotatable bonds is 1. The van der Waals surface area contributed by atoms with E-state index in [0.717, 1.165) is 5.56 Å². The van der Waals surface area contributed by atoms with E-state index in [0.29, 0.717) is 5.76 Å². The second-order valence-corrected chi connectivity index (χ2v) is 3.97. The molecule has 1 heterocycles. The molecule has 0 spiro atoms. The average molecular weight is 202 g/mol. The average Bonchev–Trinajstić information content (AvgIpc) is 2.26. The molecule has 0 bridgehead atoms. The largest absolute Gasteiger partial charge is 0.426 e. The van der Waals surface area contributed by atoms with Gasteiger partial charge in [0.1, 0.15) is 5.76 Å². The number of hydrogen-bond acceptors (Lipinski definition) is 2. The van der Waals surface area contributed by atoms with Crippen molar-refractivity contribution in [1.82, 2.24) is 0 Å². The van der Waals surface area contributed by atoms with Crippen molar-refractivity contribution in [3.63, 3.8) is 0 Å². The van der Waals surface area contributed by atoms with Crippen LogP contribution in [-0.2, 0) is 9.53 Å². The van der Waals surface area contributed by atoms with Gasteiger partial charge in [0, 0.05) is 5.56 Å². The highest BCUT2D eigenvalue weighted by Crippen LogP contribution is 2.28. The predicted molar refractivity (Wildman–Crippen MR) is 58.8 cm³/mol. The van der Waals surface area contributed by atoms with E-state index in [1.165, 1.54) is 0 Å². The number of ether oxygens (including phenoxy) is 1. The summed E-state index contributed by atoms with van der Waals surface area (Å²) in [5.41, 5.74) is 0.963. The lowest BCUT2D eigenvalue weighted by Gasteiger charge is -2.23. The molecule has 2 heteroatoms. The van der Waals surface area contributed by atoms with Crippen molar-refractivity contribution in [2.45, 2.75) is 13.8 Å². The van der Waals surface area contributed by atoms with Crippen LogP contribution in [-0.4, -0.2) is 5.97 Å². The minimum atomic E-state index is -0.135. The van der Waals surface area contributed by atoms with E-state index in [4.69, 9.17) is 4.74 Å². The molecule has 15 heavy (non-hydrogen) atoms. The van der Waals surface area contributed by atoms with E-state index in [1.807, 2.05) is 50.3 Å². The first-order chi connectivity index (χ1) is 7.18. The van der Waals surface area contributed by atoms with Crippen molar-refractivity contribution in [1.29, 1.82) is 0 Å². The van der Waals surface area contributed by atoms with Crippen LogP contribution in [0.15, 0.2) is 36.4 Å². The minimum absolute atomic E-state index is 0.0440. The molecule has 0 aliphatic carbocycles. The third kappa shape index (κ3) is 1.94. The maximum Gasteiger partial charge on any atom is 0.314 e. The lowest BCUT2D eigenvalue weighted by atomic mass is 9.92. The zero-order valence-corrected chi connectivity index (χ0v) is 8.94. The standard InChI is InChI=1S/C13H14O2/c1-9-8-12(15-13(14)10(9)2)11-6-4-3-5-7-11/h3-10H,1-2H3/t9-,10-/m0/s1. The van der Waals surface area contributed by atoms with Crippen LogP contribution in [0.25, 0.3) is 5.76 Å². The quantitative estimate of drug-likeness (QED) is 0.654. The van der Waals surface area contributed by atoms with Gasteiger partial charge in [-0.2, -0.15) is 0 Å². The highest BCUT2D eigenvalue weighted by molar-refractivity contribution is 5.82. The predicted octanol–water partition coefficient (Wildman–Crippen LogP) is 2.86. The Hall–Kier alpha value is -1.57. The molecular formula is C13H14O2. The Morgan fingerprint density at radius 2 is 1.80 bits per heavy atom. The normalized spacial score (nSPS) is 25.7. The summed E-state index contributed by atoms with van der Waals surface area (Å²) in [6.45, 7) is 3.93. The highest BCUT2D eigenvalue weighted by atomic mass is 16.5. The SMILES string of the molecule is C[C@@H]1C(=O)OC(c2ccccc2)=C[C@@H]1C. The van der Waals surface area contributed by atoms with E-state index in [9.17, 15) is 4.79 Å². The van der Waals surface area contributed by atoms with Crippen molar-refractivity contribution >= 4 is 11.7 Å². The lowest BCUT2D eigenvalue weighted by molar-refractivity contribution is -0.142. The number of allylic oxidation sites excluding steroid dienone is 1. The summed E-state index contributed by atoms with van der Waals surface area (Å²) in [5, 5.41) is 0. The van der Waals surface area contributed by atoms with Gasteiger partial charge < -0.3 is 4.74 Å². The first-order valence-corrected chi connectivity index (χ1v) is 5.17. The van der Waals surface area contributed by atoms with Crippen molar-refractivity contribution in [2.24, 2.45) is 11.8 Å². The van der Waals surface area contributed by atoms with Crippen LogP contribution in [0.1, 0.15) is 19.4 Å². The van der Waals surface area contributed by atoms with Gasteiger partial charge in [0.05, 0.1) is 5.92 Å². The molecule has 78 valence electrons. The summed E-state index contributed by atoms with van der Waals surface area (Å²) in [4.78, 5) is 11.5. The molecule has 1 aliphatic heterocycles. The summed E-state index contributed by atoms with van der Waals surface area (Å²) in [5.74, 6) is 0.744. The topological polar surface area (TPSA) is 26.3 Å². The molecule has 1 aliphatic rings. The van der Waals surface area contributed by atoms with Crippen LogP contribution >= 0.6 is 0 Å². The molecule has 1 aromatic rings. The van der Waals surface area contributed by atoms with E-state index in [1.54, 1.807) is 0 Å². The Labute approximate surface area is 89.6 Å². The van der Waals surface area contributed by atoms with Crippen LogP contribution in [0.4, 0.5) is 0 Å². The fraction of sp³-hybridized carbons (Fsp3) is 0.308. The smallest absolute Gasteiger partial charge is 0.314 e. The van der Waals surface area contributed by atoms with Gasteiger partial charge >= 0.3 is 5.97 Å². The number of hydrogen-bond donors (Lipinski definition) is 0. The van der Waals surface area contributed by atoms with E-state index in [2.05, 4.69) is 0 Å². The van der Waals surface area contributed by atoms with Gasteiger partial charge in [0.2, 0.25) is 0 Å². The maximum atomic E-state index is 11.5. The van der Waals surface area contributed by atoms with E-state index >= 15 is 0 Å². The molecule has 2 rings (SSSR count). The number of carbonyl (C=O) groups is 1. The fourth-order valence-corrected chi connectivity index (χ4v) is 1.59. The summed E-state index contributed by atoms with van der Waals surface area (Å²) >= 11 is 0. The molecule has 0 unspecified atom stereocenters. The molecule has 0 amide bonds. The molecule has 0 saturated carbocycles. The zero-order chi connectivity index (χ0) is 10.8. The fourth-order valence-electron chi connectivity index (χ4n) is 1.59. The van der Waals surface area contributed by atoms with Gasteiger partial charge in [-0.1, -0.05) is 44.2 Å². The molecule has 2 nitrogen and oxygen atoms in total. The highest BCUT2D eigenvalue weighted by Gasteiger charge is 2.27. The molecule has 0 fully saturated rings. The number of carbonyl (C=O) groups excluding carboxylic acids is 1. The molecule has 0 aromatic heterocycles. The van der Waals surface area contributed by atoms with E-state index in [-0.39, 0.29) is 17.8 Å². The summed E-state index contributed by atoms with van der Waals surface area (Å²) in [6, 6.07) is 9.71. The molecule has 2 atom stereocenters. The van der Waals surface area contributed by atoms with Gasteiger partial charge in [-0.05, 0) is 12.0 Å². The molecule has 0 saturated heterocycles. The number of benzene rings is 1. The van der Waals surface area contributed by atoms with E-state index < -0.39 is 0 Å². The first kappa shape index (κ1) is 9.97. The summed E-state index contributed by atoms with van der Waals surface area (Å²) < 4.78 is 5.28. The molecule has 0 N–H and O–H groups in total. The Kier molecular flexibility index (Phi) is 2.58. The van der Waals surface area contributed by atoms with Gasteiger partial charge in [-0.15, -0.1) is 0 Å². The monoisotopic (exact) mass is 202 g/mol. The Balaban J connectivity index is 2.32. The van der Waals surface area contributed by atoms with Crippen LogP contribution in [0.2, 0.25) is 0 Å².